The molecule has 0 bridgehead atoms. The predicted octanol–water partition coefficient (Wildman–Crippen LogP) is 3.26. The fourth-order valence-electron chi connectivity index (χ4n) is 3.74. The Morgan fingerprint density at radius 3 is 2.96 bits per heavy atom. The van der Waals surface area contributed by atoms with Crippen LogP contribution in [0.4, 0.5) is 4.39 Å². The molecule has 0 unspecified atom stereocenters. The minimum Gasteiger partial charge on any atom is -0.468 e. The van der Waals surface area contributed by atoms with Gasteiger partial charge < -0.3 is 14.7 Å². The lowest BCUT2D eigenvalue weighted by Crippen LogP contribution is -2.40. The van der Waals surface area contributed by atoms with Crippen molar-refractivity contribution in [3.8, 4) is 0 Å². The second-order valence-electron chi connectivity index (χ2n) is 7.37. The maximum absolute atomic E-state index is 13.2. The van der Waals surface area contributed by atoms with Crippen LogP contribution in [0.3, 0.4) is 0 Å². The number of amides is 1. The number of likely N-dealkylation sites (tertiary alicyclic amines) is 1. The normalized spacial score (nSPS) is 15.9. The minimum absolute atomic E-state index is 0.0852. The number of H-pyrrole nitrogens is 1. The van der Waals surface area contributed by atoms with Crippen molar-refractivity contribution >= 4 is 16.9 Å². The van der Waals surface area contributed by atoms with Gasteiger partial charge in [-0.2, -0.15) is 0 Å². The van der Waals surface area contributed by atoms with Gasteiger partial charge in [0, 0.05) is 18.9 Å². The Hall–Kier alpha value is -2.67. The maximum Gasteiger partial charge on any atom is 0.223 e. The number of aryl methyl sites for hydroxylation is 1. The van der Waals surface area contributed by atoms with Crippen LogP contribution in [0.25, 0.3) is 11.0 Å². The summed E-state index contributed by atoms with van der Waals surface area (Å²) in [5, 5.41) is 3.05. The van der Waals surface area contributed by atoms with Crippen molar-refractivity contribution in [3.63, 3.8) is 0 Å². The Balaban J connectivity index is 1.16. The fourth-order valence-corrected chi connectivity index (χ4v) is 3.74. The number of aromatic amines is 1. The largest absolute Gasteiger partial charge is 0.468 e. The quantitative estimate of drug-likeness (QED) is 0.613. The van der Waals surface area contributed by atoms with Crippen LogP contribution >= 0.6 is 0 Å². The molecule has 1 aliphatic heterocycles. The molecule has 0 spiro atoms. The first kappa shape index (κ1) is 18.7. The molecule has 6 nitrogen and oxygen atoms in total. The van der Waals surface area contributed by atoms with Crippen LogP contribution in [0.1, 0.15) is 30.8 Å². The van der Waals surface area contributed by atoms with E-state index >= 15 is 0 Å². The summed E-state index contributed by atoms with van der Waals surface area (Å²) in [7, 11) is 0. The van der Waals surface area contributed by atoms with Crippen molar-refractivity contribution in [1.82, 2.24) is 20.2 Å². The standard InChI is InChI=1S/C21H25FN4O2/c22-16-5-6-18-19(13-16)25-20(24-18)4-1-9-23-21(27)15-7-10-26(11-8-15)14-17-3-2-12-28-17/h2-3,5-6,12-13,15H,1,4,7-11,14H2,(H,23,27)(H,24,25). The summed E-state index contributed by atoms with van der Waals surface area (Å²) >= 11 is 0. The highest BCUT2D eigenvalue weighted by Crippen LogP contribution is 2.19. The van der Waals surface area contributed by atoms with Gasteiger partial charge in [-0.25, -0.2) is 9.37 Å². The Morgan fingerprint density at radius 1 is 1.32 bits per heavy atom. The molecule has 2 aromatic heterocycles. The third-order valence-corrected chi connectivity index (χ3v) is 5.30. The highest BCUT2D eigenvalue weighted by Gasteiger charge is 2.25. The molecule has 28 heavy (non-hydrogen) atoms. The molecule has 0 atom stereocenters. The molecule has 1 amide bonds. The molecule has 0 saturated carbocycles. The number of imidazole rings is 1. The van der Waals surface area contributed by atoms with Crippen molar-refractivity contribution in [3.05, 3.63) is 54.0 Å². The van der Waals surface area contributed by atoms with Crippen molar-refractivity contribution in [2.24, 2.45) is 5.92 Å². The number of carbonyl (C=O) groups is 1. The number of benzene rings is 1. The number of carbonyl (C=O) groups excluding carboxylic acids is 1. The average molecular weight is 384 g/mol. The third-order valence-electron chi connectivity index (χ3n) is 5.30. The number of furan rings is 1. The smallest absolute Gasteiger partial charge is 0.223 e. The van der Waals surface area contributed by atoms with E-state index in [9.17, 15) is 9.18 Å². The number of nitrogens with one attached hydrogen (secondary N) is 2. The molecule has 0 aliphatic carbocycles. The lowest BCUT2D eigenvalue weighted by Gasteiger charge is -2.30. The molecule has 148 valence electrons. The lowest BCUT2D eigenvalue weighted by atomic mass is 9.96. The van der Waals surface area contributed by atoms with Crippen molar-refractivity contribution < 1.29 is 13.6 Å². The Kier molecular flexibility index (Phi) is 5.71. The van der Waals surface area contributed by atoms with Crippen LogP contribution in [0, 0.1) is 11.7 Å². The second-order valence-corrected chi connectivity index (χ2v) is 7.37. The molecule has 4 rings (SSSR count). The van der Waals surface area contributed by atoms with Crippen LogP contribution in [-0.2, 0) is 17.8 Å². The van der Waals surface area contributed by atoms with Crippen molar-refractivity contribution in [2.75, 3.05) is 19.6 Å². The fraction of sp³-hybridized carbons (Fsp3) is 0.429. The summed E-state index contributed by atoms with van der Waals surface area (Å²) in [6.07, 6.45) is 4.96. The summed E-state index contributed by atoms with van der Waals surface area (Å²) in [4.78, 5) is 22.3. The zero-order chi connectivity index (χ0) is 19.3. The van der Waals surface area contributed by atoms with Crippen LogP contribution in [0.15, 0.2) is 41.0 Å². The van der Waals surface area contributed by atoms with Crippen LogP contribution < -0.4 is 5.32 Å². The molecule has 3 heterocycles. The van der Waals surface area contributed by atoms with E-state index in [4.69, 9.17) is 4.42 Å². The van der Waals surface area contributed by atoms with Gasteiger partial charge in [0.15, 0.2) is 0 Å². The maximum atomic E-state index is 13.2. The van der Waals surface area contributed by atoms with Crippen LogP contribution in [0.5, 0.6) is 0 Å². The molecule has 2 N–H and O–H groups in total. The summed E-state index contributed by atoms with van der Waals surface area (Å²) in [5.41, 5.74) is 1.47. The van der Waals surface area contributed by atoms with Gasteiger partial charge in [0.05, 0.1) is 23.8 Å². The molecule has 7 heteroatoms. The summed E-state index contributed by atoms with van der Waals surface area (Å²) in [5.74, 6) is 1.74. The van der Waals surface area contributed by atoms with Gasteiger partial charge in [-0.1, -0.05) is 0 Å². The van der Waals surface area contributed by atoms with E-state index in [0.29, 0.717) is 12.1 Å². The van der Waals surface area contributed by atoms with E-state index in [1.807, 2.05) is 12.1 Å². The van der Waals surface area contributed by atoms with Crippen LogP contribution in [0.2, 0.25) is 0 Å². The van der Waals surface area contributed by atoms with Gasteiger partial charge in [0.25, 0.3) is 0 Å². The summed E-state index contributed by atoms with van der Waals surface area (Å²) < 4.78 is 18.6. The molecule has 0 radical (unpaired) electrons. The van der Waals surface area contributed by atoms with Crippen molar-refractivity contribution in [2.45, 2.75) is 32.2 Å². The number of piperidine rings is 1. The zero-order valence-electron chi connectivity index (χ0n) is 15.8. The lowest BCUT2D eigenvalue weighted by molar-refractivity contribution is -0.126. The molecular formula is C21H25FN4O2. The SMILES string of the molecule is O=C(NCCCc1nc2ccc(F)cc2[nH]1)C1CCN(Cc2ccco2)CC1. The van der Waals surface area contributed by atoms with E-state index in [2.05, 4.69) is 20.2 Å². The Bertz CT molecular complexity index is 914. The van der Waals surface area contributed by atoms with E-state index in [0.717, 1.165) is 62.4 Å². The predicted molar refractivity (Wildman–Crippen MR) is 104 cm³/mol. The van der Waals surface area contributed by atoms with Crippen molar-refractivity contribution in [1.29, 1.82) is 0 Å². The molecule has 1 fully saturated rings. The second kappa shape index (κ2) is 8.56. The van der Waals surface area contributed by atoms with Gasteiger partial charge in [-0.3, -0.25) is 9.69 Å². The number of fused-ring (bicyclic) bond motifs is 1. The zero-order valence-corrected chi connectivity index (χ0v) is 15.8. The van der Waals surface area contributed by atoms with Crippen LogP contribution in [-0.4, -0.2) is 40.4 Å². The monoisotopic (exact) mass is 384 g/mol. The van der Waals surface area contributed by atoms with Gasteiger partial charge in [-0.15, -0.1) is 0 Å². The highest BCUT2D eigenvalue weighted by atomic mass is 19.1. The minimum atomic E-state index is -0.273. The topological polar surface area (TPSA) is 74.2 Å². The van der Waals surface area contributed by atoms with E-state index in [1.54, 1.807) is 12.3 Å². The van der Waals surface area contributed by atoms with E-state index < -0.39 is 0 Å². The number of halogens is 1. The molecular weight excluding hydrogens is 359 g/mol. The highest BCUT2D eigenvalue weighted by molar-refractivity contribution is 5.78. The van der Waals surface area contributed by atoms with Gasteiger partial charge >= 0.3 is 0 Å². The number of nitrogens with zero attached hydrogens (tertiary/aromatic N) is 2. The van der Waals surface area contributed by atoms with E-state index in [1.165, 1.54) is 12.1 Å². The number of hydrogen-bond acceptors (Lipinski definition) is 4. The Labute approximate surface area is 163 Å². The number of aromatic nitrogens is 2. The average Bonchev–Trinajstić information content (AvgIpc) is 3.34. The van der Waals surface area contributed by atoms with Gasteiger partial charge in [0.1, 0.15) is 17.4 Å². The molecule has 1 aromatic carbocycles. The van der Waals surface area contributed by atoms with E-state index in [-0.39, 0.29) is 17.6 Å². The van der Waals surface area contributed by atoms with Gasteiger partial charge in [-0.05, 0) is 62.7 Å². The summed E-state index contributed by atoms with van der Waals surface area (Å²) in [6, 6.07) is 8.42. The first-order valence-corrected chi connectivity index (χ1v) is 9.84. The third kappa shape index (κ3) is 4.59. The molecule has 1 saturated heterocycles. The first-order valence-electron chi connectivity index (χ1n) is 9.84. The summed E-state index contributed by atoms with van der Waals surface area (Å²) in [6.45, 7) is 3.25. The Morgan fingerprint density at radius 2 is 2.18 bits per heavy atom. The van der Waals surface area contributed by atoms with Gasteiger partial charge in [0.2, 0.25) is 5.91 Å². The number of rotatable bonds is 7. The molecule has 3 aromatic rings. The first-order chi connectivity index (χ1) is 13.7. The number of hydrogen-bond donors (Lipinski definition) is 2. The molecule has 1 aliphatic rings.